The quantitative estimate of drug-likeness (QED) is 0.660. The fourth-order valence-electron chi connectivity index (χ4n) is 2.77. The van der Waals surface area contributed by atoms with Crippen LogP contribution < -0.4 is 5.32 Å². The van der Waals surface area contributed by atoms with Crippen LogP contribution >= 0.6 is 0 Å². The summed E-state index contributed by atoms with van der Waals surface area (Å²) in [6.45, 7) is 3.02. The summed E-state index contributed by atoms with van der Waals surface area (Å²) in [5, 5.41) is 6.67. The molecule has 2 heterocycles. The number of carbonyl (C=O) groups is 1. The van der Waals surface area contributed by atoms with Crippen molar-refractivity contribution in [1.29, 1.82) is 0 Å². The Bertz CT molecular complexity index is 983. The number of carbonyl (C=O) groups excluding carboxylic acids is 1. The first kappa shape index (κ1) is 18.8. The molecule has 1 amide bonds. The van der Waals surface area contributed by atoms with Gasteiger partial charge in [-0.25, -0.2) is 27.2 Å². The molecule has 0 saturated carbocycles. The Kier molecular flexibility index (Phi) is 5.11. The topological polar surface area (TPSA) is 59.8 Å². The zero-order chi connectivity index (χ0) is 19.7. The van der Waals surface area contributed by atoms with E-state index in [2.05, 4.69) is 15.4 Å². The third kappa shape index (κ3) is 3.91. The van der Waals surface area contributed by atoms with E-state index in [1.807, 2.05) is 19.1 Å². The molecule has 2 aromatic heterocycles. The highest BCUT2D eigenvalue weighted by Gasteiger charge is 2.23. The lowest BCUT2D eigenvalue weighted by atomic mass is 10.1. The number of nitrogens with zero attached hydrogens (tertiary/aromatic N) is 3. The van der Waals surface area contributed by atoms with Crippen molar-refractivity contribution < 1.29 is 22.4 Å². The third-order valence-electron chi connectivity index (χ3n) is 4.02. The number of rotatable bonds is 5. The summed E-state index contributed by atoms with van der Waals surface area (Å²) < 4.78 is 53.8. The minimum Gasteiger partial charge on any atom is -0.324 e. The van der Waals surface area contributed by atoms with E-state index in [-0.39, 0.29) is 23.3 Å². The van der Waals surface area contributed by atoms with Crippen LogP contribution in [0, 0.1) is 13.8 Å². The number of hydrogen-bond acceptors (Lipinski definition) is 3. The monoisotopic (exact) mass is 380 g/mol. The van der Waals surface area contributed by atoms with Crippen LogP contribution in [0.5, 0.6) is 0 Å². The summed E-state index contributed by atoms with van der Waals surface area (Å²) in [5.41, 5.74) is 0.241. The standard InChI is InChI=1S/C18H16F4N4O/c1-9-3-5-11(6-4-9)23-14(27)8-26-18-15(10(2)25-26)12(16(19)20)7-13(24-18)17(21)22/h3-7,16-17H,8H2,1-2H3,(H,23,27). The molecule has 0 aliphatic rings. The number of fused-ring (bicyclic) bond motifs is 1. The van der Waals surface area contributed by atoms with Crippen molar-refractivity contribution in [2.75, 3.05) is 5.32 Å². The fourth-order valence-corrected chi connectivity index (χ4v) is 2.77. The van der Waals surface area contributed by atoms with Crippen LogP contribution in [0.15, 0.2) is 30.3 Å². The molecule has 0 spiro atoms. The smallest absolute Gasteiger partial charge is 0.280 e. The van der Waals surface area contributed by atoms with E-state index in [0.717, 1.165) is 10.2 Å². The van der Waals surface area contributed by atoms with E-state index in [4.69, 9.17) is 0 Å². The van der Waals surface area contributed by atoms with Gasteiger partial charge >= 0.3 is 0 Å². The van der Waals surface area contributed by atoms with Gasteiger partial charge in [0.25, 0.3) is 12.9 Å². The highest BCUT2D eigenvalue weighted by Crippen LogP contribution is 2.32. The second-order valence-corrected chi connectivity index (χ2v) is 6.09. The number of hydrogen-bond donors (Lipinski definition) is 1. The van der Waals surface area contributed by atoms with Crippen molar-refractivity contribution in [3.05, 3.63) is 52.8 Å². The first-order chi connectivity index (χ1) is 12.8. The summed E-state index contributed by atoms with van der Waals surface area (Å²) in [5.74, 6) is -0.480. The molecule has 0 bridgehead atoms. The van der Waals surface area contributed by atoms with Gasteiger partial charge < -0.3 is 5.32 Å². The molecule has 3 rings (SSSR count). The lowest BCUT2D eigenvalue weighted by Gasteiger charge is -2.09. The summed E-state index contributed by atoms with van der Waals surface area (Å²) >= 11 is 0. The lowest BCUT2D eigenvalue weighted by Crippen LogP contribution is -2.20. The second-order valence-electron chi connectivity index (χ2n) is 6.09. The first-order valence-electron chi connectivity index (χ1n) is 8.07. The van der Waals surface area contributed by atoms with Crippen LogP contribution in [-0.2, 0) is 11.3 Å². The molecule has 0 saturated heterocycles. The SMILES string of the molecule is Cc1ccc(NC(=O)Cn2nc(C)c3c(C(F)F)cc(C(F)F)nc32)cc1. The maximum absolute atomic E-state index is 13.3. The third-order valence-corrected chi connectivity index (χ3v) is 4.02. The minimum atomic E-state index is -3.02. The van der Waals surface area contributed by atoms with E-state index < -0.39 is 30.0 Å². The Morgan fingerprint density at radius 3 is 2.37 bits per heavy atom. The van der Waals surface area contributed by atoms with Gasteiger partial charge in [-0.05, 0) is 32.0 Å². The number of alkyl halides is 4. The first-order valence-corrected chi connectivity index (χ1v) is 8.07. The molecule has 0 fully saturated rings. The van der Waals surface area contributed by atoms with Crippen LogP contribution in [0.1, 0.15) is 35.4 Å². The number of aromatic nitrogens is 3. The number of amides is 1. The average Bonchev–Trinajstić information content (AvgIpc) is 2.91. The summed E-state index contributed by atoms with van der Waals surface area (Å²) in [6.07, 6.45) is -5.98. The van der Waals surface area contributed by atoms with Crippen LogP contribution in [0.2, 0.25) is 0 Å². The van der Waals surface area contributed by atoms with Crippen LogP contribution in [0.4, 0.5) is 23.2 Å². The molecular weight excluding hydrogens is 364 g/mol. The summed E-state index contributed by atoms with van der Waals surface area (Å²) in [7, 11) is 0. The molecule has 0 radical (unpaired) electrons. The molecule has 9 heteroatoms. The molecule has 1 aromatic carbocycles. The van der Waals surface area contributed by atoms with Crippen LogP contribution in [-0.4, -0.2) is 20.7 Å². The number of benzene rings is 1. The Hall–Kier alpha value is -2.97. The highest BCUT2D eigenvalue weighted by atomic mass is 19.3. The number of pyridine rings is 1. The minimum absolute atomic E-state index is 0.0162. The number of nitrogens with one attached hydrogen (secondary N) is 1. The molecule has 0 unspecified atom stereocenters. The van der Waals surface area contributed by atoms with Crippen molar-refractivity contribution in [1.82, 2.24) is 14.8 Å². The van der Waals surface area contributed by atoms with E-state index in [1.54, 1.807) is 12.1 Å². The van der Waals surface area contributed by atoms with Crippen molar-refractivity contribution in [2.24, 2.45) is 0 Å². The predicted octanol–water partition coefficient (Wildman–Crippen LogP) is 4.56. The van der Waals surface area contributed by atoms with Crippen LogP contribution in [0.3, 0.4) is 0 Å². The van der Waals surface area contributed by atoms with Gasteiger partial charge in [-0.15, -0.1) is 0 Å². The van der Waals surface area contributed by atoms with E-state index in [0.29, 0.717) is 11.8 Å². The number of anilines is 1. The van der Waals surface area contributed by atoms with Crippen molar-refractivity contribution >= 4 is 22.6 Å². The Morgan fingerprint density at radius 1 is 1.11 bits per heavy atom. The van der Waals surface area contributed by atoms with Gasteiger partial charge in [-0.1, -0.05) is 17.7 Å². The molecule has 3 aromatic rings. The van der Waals surface area contributed by atoms with Gasteiger partial charge in [0.15, 0.2) is 5.65 Å². The molecule has 0 aliphatic heterocycles. The Labute approximate surface area is 152 Å². The van der Waals surface area contributed by atoms with E-state index >= 15 is 0 Å². The zero-order valence-corrected chi connectivity index (χ0v) is 14.5. The summed E-state index contributed by atoms with van der Waals surface area (Å²) in [6, 6.07) is 7.73. The maximum atomic E-state index is 13.3. The van der Waals surface area contributed by atoms with Gasteiger partial charge in [0.2, 0.25) is 5.91 Å². The summed E-state index contributed by atoms with van der Waals surface area (Å²) in [4.78, 5) is 16.0. The Balaban J connectivity index is 1.96. The van der Waals surface area contributed by atoms with Crippen molar-refractivity contribution in [3.63, 3.8) is 0 Å². The largest absolute Gasteiger partial charge is 0.324 e. The van der Waals surface area contributed by atoms with Gasteiger partial charge in [0, 0.05) is 11.3 Å². The molecule has 1 N–H and O–H groups in total. The molecule has 142 valence electrons. The number of aryl methyl sites for hydroxylation is 2. The van der Waals surface area contributed by atoms with E-state index in [1.165, 1.54) is 6.92 Å². The highest BCUT2D eigenvalue weighted by molar-refractivity contribution is 5.92. The van der Waals surface area contributed by atoms with Gasteiger partial charge in [-0.2, -0.15) is 5.10 Å². The average molecular weight is 380 g/mol. The van der Waals surface area contributed by atoms with Crippen molar-refractivity contribution in [3.8, 4) is 0 Å². The van der Waals surface area contributed by atoms with Gasteiger partial charge in [-0.3, -0.25) is 4.79 Å². The van der Waals surface area contributed by atoms with Gasteiger partial charge in [0.1, 0.15) is 12.2 Å². The number of halogens is 4. The normalized spacial score (nSPS) is 11.6. The molecular formula is C18H16F4N4O. The maximum Gasteiger partial charge on any atom is 0.280 e. The molecule has 27 heavy (non-hydrogen) atoms. The van der Waals surface area contributed by atoms with Gasteiger partial charge in [0.05, 0.1) is 11.1 Å². The fraction of sp³-hybridized carbons (Fsp3) is 0.278. The predicted molar refractivity (Wildman–Crippen MR) is 92.0 cm³/mol. The molecule has 5 nitrogen and oxygen atoms in total. The van der Waals surface area contributed by atoms with E-state index in [9.17, 15) is 22.4 Å². The molecule has 0 aliphatic carbocycles. The Morgan fingerprint density at radius 2 is 1.78 bits per heavy atom. The van der Waals surface area contributed by atoms with Crippen molar-refractivity contribution in [2.45, 2.75) is 33.2 Å². The second kappa shape index (κ2) is 7.34. The van der Waals surface area contributed by atoms with Crippen LogP contribution in [0.25, 0.3) is 11.0 Å². The zero-order valence-electron chi connectivity index (χ0n) is 14.5. The lowest BCUT2D eigenvalue weighted by molar-refractivity contribution is -0.116. The molecule has 0 atom stereocenters.